The van der Waals surface area contributed by atoms with Crippen molar-refractivity contribution in [3.8, 4) is 5.75 Å². The first kappa shape index (κ1) is 22.6. The van der Waals surface area contributed by atoms with Crippen molar-refractivity contribution in [1.82, 2.24) is 15.4 Å². The summed E-state index contributed by atoms with van der Waals surface area (Å²) < 4.78 is 32.1. The van der Waals surface area contributed by atoms with Gasteiger partial charge in [0.05, 0.1) is 11.5 Å². The molecule has 0 aromatic heterocycles. The Balaban J connectivity index is 1.42. The van der Waals surface area contributed by atoms with Crippen LogP contribution < -0.4 is 20.1 Å². The normalized spacial score (nSPS) is 12.0. The van der Waals surface area contributed by atoms with Crippen molar-refractivity contribution in [1.29, 1.82) is 0 Å². The Morgan fingerprint density at radius 2 is 1.77 bits per heavy atom. The molecule has 0 aliphatic rings. The summed E-state index contributed by atoms with van der Waals surface area (Å²) in [6.07, 6.45) is 0.809. The number of fused-ring (bicyclic) bond motifs is 1. The highest BCUT2D eigenvalue weighted by molar-refractivity contribution is 7.89. The first-order chi connectivity index (χ1) is 15.0. The second kappa shape index (κ2) is 10.8. The molecular weight excluding hydrogens is 412 g/mol. The third kappa shape index (κ3) is 6.44. The van der Waals surface area contributed by atoms with Gasteiger partial charge in [0.25, 0.3) is 0 Å². The van der Waals surface area contributed by atoms with E-state index in [0.29, 0.717) is 25.7 Å². The topological polar surface area (TPSA) is 91.8 Å². The van der Waals surface area contributed by atoms with Crippen LogP contribution in [-0.4, -0.2) is 41.6 Å². The van der Waals surface area contributed by atoms with E-state index >= 15 is 0 Å². The average Bonchev–Trinajstić information content (AvgIpc) is 2.81. The van der Waals surface area contributed by atoms with Crippen molar-refractivity contribution in [3.05, 3.63) is 72.3 Å². The molecule has 0 heterocycles. The lowest BCUT2D eigenvalue weighted by molar-refractivity contribution is 0.311. The minimum Gasteiger partial charge on any atom is -0.494 e. The van der Waals surface area contributed by atoms with Crippen LogP contribution in [0.3, 0.4) is 0 Å². The van der Waals surface area contributed by atoms with Gasteiger partial charge in [0.2, 0.25) is 10.0 Å². The largest absolute Gasteiger partial charge is 0.494 e. The molecule has 0 unspecified atom stereocenters. The molecule has 3 aromatic carbocycles. The predicted molar refractivity (Wildman–Crippen MR) is 125 cm³/mol. The average molecular weight is 441 g/mol. The summed E-state index contributed by atoms with van der Waals surface area (Å²) in [5.41, 5.74) is 0.846. The maximum absolute atomic E-state index is 11.9. The molecule has 0 bridgehead atoms. The Morgan fingerprint density at radius 3 is 2.55 bits per heavy atom. The van der Waals surface area contributed by atoms with E-state index in [-0.39, 0.29) is 4.90 Å². The summed E-state index contributed by atoms with van der Waals surface area (Å²) >= 11 is 0. The third-order valence-corrected chi connectivity index (χ3v) is 6.18. The number of aliphatic imine (C=N–C) groups is 1. The van der Waals surface area contributed by atoms with Crippen LogP contribution in [-0.2, 0) is 16.6 Å². The van der Waals surface area contributed by atoms with Crippen LogP contribution in [0.5, 0.6) is 5.75 Å². The third-order valence-electron chi connectivity index (χ3n) is 4.76. The molecule has 0 aliphatic carbocycles. The molecule has 3 aromatic rings. The van der Waals surface area contributed by atoms with Crippen molar-refractivity contribution >= 4 is 26.8 Å². The zero-order valence-electron chi connectivity index (χ0n) is 17.8. The van der Waals surface area contributed by atoms with Crippen LogP contribution in [0.15, 0.2) is 76.6 Å². The number of benzene rings is 3. The summed E-state index contributed by atoms with van der Waals surface area (Å²) in [6, 6.07) is 21.1. The van der Waals surface area contributed by atoms with Crippen molar-refractivity contribution < 1.29 is 13.2 Å². The highest BCUT2D eigenvalue weighted by atomic mass is 32.2. The number of nitrogens with one attached hydrogen (secondary N) is 3. The van der Waals surface area contributed by atoms with Gasteiger partial charge >= 0.3 is 0 Å². The lowest BCUT2D eigenvalue weighted by atomic mass is 10.1. The number of nitrogens with zero attached hydrogens (tertiary/aromatic N) is 1. The molecule has 3 N–H and O–H groups in total. The van der Waals surface area contributed by atoms with E-state index < -0.39 is 10.0 Å². The van der Waals surface area contributed by atoms with Crippen molar-refractivity contribution in [2.24, 2.45) is 4.99 Å². The van der Waals surface area contributed by atoms with E-state index in [1.165, 1.54) is 12.4 Å². The van der Waals surface area contributed by atoms with E-state index in [1.807, 2.05) is 30.3 Å². The zero-order chi connectivity index (χ0) is 22.1. The smallest absolute Gasteiger partial charge is 0.240 e. The SMILES string of the molecule is CN=C(NCCCOc1ccc2ccccc2c1)NCc1cccc(S(=O)(=O)NC)c1. The highest BCUT2D eigenvalue weighted by Gasteiger charge is 2.11. The first-order valence-electron chi connectivity index (χ1n) is 10.1. The number of guanidine groups is 1. The van der Waals surface area contributed by atoms with Gasteiger partial charge in [0.15, 0.2) is 5.96 Å². The summed E-state index contributed by atoms with van der Waals surface area (Å²) in [6.45, 7) is 1.74. The van der Waals surface area contributed by atoms with Gasteiger partial charge in [-0.25, -0.2) is 13.1 Å². The molecule has 8 heteroatoms. The molecular formula is C23H28N4O3S. The molecule has 0 atom stereocenters. The number of hydrogen-bond donors (Lipinski definition) is 3. The summed E-state index contributed by atoms with van der Waals surface area (Å²) in [4.78, 5) is 4.44. The molecule has 0 radical (unpaired) electrons. The fourth-order valence-corrected chi connectivity index (χ4v) is 3.87. The standard InChI is InChI=1S/C23H28N4O3S/c1-24-23(27-17-18-7-5-10-22(15-18)31(28,29)25-2)26-13-6-14-30-21-12-11-19-8-3-4-9-20(19)16-21/h3-5,7-12,15-16,25H,6,13-14,17H2,1-2H3,(H2,24,26,27). The Hall–Kier alpha value is -3.10. The van der Waals surface area contributed by atoms with Gasteiger partial charge < -0.3 is 15.4 Å². The molecule has 31 heavy (non-hydrogen) atoms. The number of sulfonamides is 1. The van der Waals surface area contributed by atoms with Crippen LogP contribution in [0, 0.1) is 0 Å². The second-order valence-electron chi connectivity index (χ2n) is 6.92. The van der Waals surface area contributed by atoms with Crippen LogP contribution in [0.2, 0.25) is 0 Å². The molecule has 0 aliphatic heterocycles. The van der Waals surface area contributed by atoms with Gasteiger partial charge in [-0.05, 0) is 54.1 Å². The van der Waals surface area contributed by atoms with Gasteiger partial charge in [-0.1, -0.05) is 42.5 Å². The van der Waals surface area contributed by atoms with E-state index in [0.717, 1.165) is 23.1 Å². The molecule has 164 valence electrons. The molecule has 0 saturated heterocycles. The molecule has 0 fully saturated rings. The second-order valence-corrected chi connectivity index (χ2v) is 8.81. The van der Waals surface area contributed by atoms with Gasteiger partial charge in [-0.15, -0.1) is 0 Å². The van der Waals surface area contributed by atoms with Crippen LogP contribution in [0.25, 0.3) is 10.8 Å². The monoisotopic (exact) mass is 440 g/mol. The fraction of sp³-hybridized carbons (Fsp3) is 0.261. The van der Waals surface area contributed by atoms with Crippen LogP contribution in [0.4, 0.5) is 0 Å². The van der Waals surface area contributed by atoms with Gasteiger partial charge in [0.1, 0.15) is 5.75 Å². The molecule has 0 saturated carbocycles. The van der Waals surface area contributed by atoms with Crippen LogP contribution >= 0.6 is 0 Å². The molecule has 0 spiro atoms. The van der Waals surface area contributed by atoms with Crippen molar-refractivity contribution in [3.63, 3.8) is 0 Å². The van der Waals surface area contributed by atoms with Crippen LogP contribution in [0.1, 0.15) is 12.0 Å². The lowest BCUT2D eigenvalue weighted by Gasteiger charge is -2.13. The molecule has 0 amide bonds. The maximum atomic E-state index is 11.9. The van der Waals surface area contributed by atoms with E-state index in [4.69, 9.17) is 4.74 Å². The minimum atomic E-state index is -3.46. The van der Waals surface area contributed by atoms with Crippen molar-refractivity contribution in [2.75, 3.05) is 27.2 Å². The lowest BCUT2D eigenvalue weighted by Crippen LogP contribution is -2.37. The Bertz CT molecular complexity index is 1150. The van der Waals surface area contributed by atoms with Gasteiger partial charge in [0, 0.05) is 20.1 Å². The van der Waals surface area contributed by atoms with E-state index in [1.54, 1.807) is 25.2 Å². The number of rotatable bonds is 9. The Kier molecular flexibility index (Phi) is 7.86. The molecule has 7 nitrogen and oxygen atoms in total. The molecule has 3 rings (SSSR count). The minimum absolute atomic E-state index is 0.239. The van der Waals surface area contributed by atoms with Gasteiger partial charge in [-0.2, -0.15) is 0 Å². The number of hydrogen-bond acceptors (Lipinski definition) is 4. The zero-order valence-corrected chi connectivity index (χ0v) is 18.6. The quantitative estimate of drug-likeness (QED) is 0.270. The first-order valence-corrected chi connectivity index (χ1v) is 11.6. The maximum Gasteiger partial charge on any atom is 0.240 e. The fourth-order valence-electron chi connectivity index (χ4n) is 3.07. The predicted octanol–water partition coefficient (Wildman–Crippen LogP) is 2.88. The van der Waals surface area contributed by atoms with E-state index in [9.17, 15) is 8.42 Å². The summed E-state index contributed by atoms with van der Waals surface area (Å²) in [5.74, 6) is 1.50. The summed E-state index contributed by atoms with van der Waals surface area (Å²) in [7, 11) is -0.362. The number of ether oxygens (including phenoxy) is 1. The Labute approximate surface area is 183 Å². The van der Waals surface area contributed by atoms with Crippen molar-refractivity contribution in [2.45, 2.75) is 17.9 Å². The van der Waals surface area contributed by atoms with Gasteiger partial charge in [-0.3, -0.25) is 4.99 Å². The summed E-state index contributed by atoms with van der Waals surface area (Å²) in [5, 5.41) is 8.79. The highest BCUT2D eigenvalue weighted by Crippen LogP contribution is 2.20. The van der Waals surface area contributed by atoms with E-state index in [2.05, 4.69) is 38.5 Å². The Morgan fingerprint density at radius 1 is 0.968 bits per heavy atom.